The van der Waals surface area contributed by atoms with Crippen LogP contribution in [-0.2, 0) is 19.2 Å². The number of amides is 2. The summed E-state index contributed by atoms with van der Waals surface area (Å²) in [6, 6.07) is 6.49. The minimum Gasteiger partial charge on any atom is -0.507 e. The first-order valence-electron chi connectivity index (χ1n) is 14.0. The molecular weight excluding hydrogens is 668 g/mol. The number of anilines is 2. The average molecular weight is 693 g/mol. The van der Waals surface area contributed by atoms with Crippen LogP contribution in [0.3, 0.4) is 0 Å². The van der Waals surface area contributed by atoms with Crippen LogP contribution in [0.4, 0.5) is 22.7 Å². The molecular formula is C31H25BrN4O10. The molecule has 0 saturated carbocycles. The summed E-state index contributed by atoms with van der Waals surface area (Å²) >= 11 is 3.16. The van der Waals surface area contributed by atoms with Gasteiger partial charge in [-0.05, 0) is 46.8 Å². The second kappa shape index (κ2) is 11.0. The molecule has 1 fully saturated rings. The number of rotatable bonds is 6. The van der Waals surface area contributed by atoms with Gasteiger partial charge in [0.15, 0.2) is 17.3 Å². The van der Waals surface area contributed by atoms with Crippen molar-refractivity contribution in [1.82, 2.24) is 0 Å². The van der Waals surface area contributed by atoms with Gasteiger partial charge in [-0.25, -0.2) is 4.90 Å². The Morgan fingerprint density at radius 3 is 2.26 bits per heavy atom. The number of carbonyl (C=O) groups is 4. The normalized spacial score (nSPS) is 23.8. The Labute approximate surface area is 269 Å². The Morgan fingerprint density at radius 2 is 1.67 bits per heavy atom. The standard InChI is InChI=1S/C31H25BrN4O10/c1-33(2)28-19(35(42)43)9-13(10-20(28)36(44)45)34-30(40)15-8-7-14-16(24(15)31(34)41)11-17-25(22(38)12-18(32)29(17)39)26(14)27-21(37)5-4-6-23(27)46-3/h4-7,9-10,12,15-16,24,26,37H,8,11H2,1-3H3. The Morgan fingerprint density at radius 1 is 1.02 bits per heavy atom. The van der Waals surface area contributed by atoms with E-state index in [2.05, 4.69) is 15.9 Å². The highest BCUT2D eigenvalue weighted by atomic mass is 79.9. The molecule has 2 aromatic carbocycles. The third kappa shape index (κ3) is 4.44. The van der Waals surface area contributed by atoms with Crippen molar-refractivity contribution < 1.29 is 38.9 Å². The number of nitro benzene ring substituents is 2. The second-order valence-electron chi connectivity index (χ2n) is 11.5. The highest BCUT2D eigenvalue weighted by molar-refractivity contribution is 9.12. The van der Waals surface area contributed by atoms with Crippen LogP contribution < -0.4 is 14.5 Å². The monoisotopic (exact) mass is 692 g/mol. The summed E-state index contributed by atoms with van der Waals surface area (Å²) in [5.74, 6) is -6.15. The first kappa shape index (κ1) is 30.8. The summed E-state index contributed by atoms with van der Waals surface area (Å²) in [5, 5.41) is 35.0. The molecule has 4 aliphatic rings. The zero-order valence-electron chi connectivity index (χ0n) is 24.6. The first-order chi connectivity index (χ1) is 21.8. The highest BCUT2D eigenvalue weighted by Crippen LogP contribution is 2.58. The molecule has 0 spiro atoms. The summed E-state index contributed by atoms with van der Waals surface area (Å²) in [5.41, 5.74) is -0.931. The van der Waals surface area contributed by atoms with Crippen molar-refractivity contribution >= 4 is 62.1 Å². The molecule has 4 atom stereocenters. The Balaban J connectivity index is 1.51. The molecule has 15 heteroatoms. The number of halogens is 1. The van der Waals surface area contributed by atoms with E-state index in [0.29, 0.717) is 5.57 Å². The van der Waals surface area contributed by atoms with Gasteiger partial charge >= 0.3 is 11.4 Å². The number of methoxy groups -OCH3 is 1. The lowest BCUT2D eigenvalue weighted by atomic mass is 9.59. The number of benzene rings is 2. The number of ether oxygens (including phenoxy) is 1. The van der Waals surface area contributed by atoms with Gasteiger partial charge in [-0.1, -0.05) is 17.7 Å². The summed E-state index contributed by atoms with van der Waals surface area (Å²) in [6.07, 6.45) is 2.85. The highest BCUT2D eigenvalue weighted by Gasteiger charge is 2.57. The van der Waals surface area contributed by atoms with Gasteiger partial charge in [-0.15, -0.1) is 0 Å². The number of phenols is 1. The number of nitro groups is 2. The Hall–Kier alpha value is -5.18. The van der Waals surface area contributed by atoms with Crippen LogP contribution in [-0.4, -0.2) is 59.5 Å². The van der Waals surface area contributed by atoms with Crippen molar-refractivity contribution in [2.45, 2.75) is 18.8 Å². The number of hydrogen-bond donors (Lipinski definition) is 1. The fourth-order valence-corrected chi connectivity index (χ4v) is 7.70. The van der Waals surface area contributed by atoms with E-state index < -0.39 is 68.3 Å². The van der Waals surface area contributed by atoms with Crippen molar-refractivity contribution in [1.29, 1.82) is 0 Å². The lowest BCUT2D eigenvalue weighted by molar-refractivity contribution is -0.392. The molecule has 1 saturated heterocycles. The molecule has 2 aromatic rings. The average Bonchev–Trinajstić information content (AvgIpc) is 3.27. The van der Waals surface area contributed by atoms with Crippen molar-refractivity contribution in [2.24, 2.45) is 17.8 Å². The molecule has 4 unspecified atom stereocenters. The minimum atomic E-state index is -1.07. The zero-order valence-corrected chi connectivity index (χ0v) is 26.1. The van der Waals surface area contributed by atoms with Crippen molar-refractivity contribution in [2.75, 3.05) is 31.0 Å². The predicted molar refractivity (Wildman–Crippen MR) is 166 cm³/mol. The summed E-state index contributed by atoms with van der Waals surface area (Å²) in [6.45, 7) is 0. The molecule has 1 N–H and O–H groups in total. The van der Waals surface area contributed by atoms with Crippen LogP contribution in [0.2, 0.25) is 0 Å². The SMILES string of the molecule is COc1cccc(O)c1C1C2=CCC3C(=O)N(c4cc([N+](=O)[O-])c(N(C)C)c([N+](=O)[O-])c4)C(=O)C3C2CC2=C1C(=O)C=C(Br)C2=O. The molecule has 46 heavy (non-hydrogen) atoms. The molecule has 6 rings (SSSR count). The molecule has 236 valence electrons. The van der Waals surface area contributed by atoms with Crippen molar-refractivity contribution in [3.63, 3.8) is 0 Å². The lowest BCUT2D eigenvalue weighted by Crippen LogP contribution is -2.39. The zero-order chi connectivity index (χ0) is 33.4. The number of hydrogen-bond acceptors (Lipinski definition) is 11. The quantitative estimate of drug-likeness (QED) is 0.150. The number of nitrogens with zero attached hydrogens (tertiary/aromatic N) is 4. The van der Waals surface area contributed by atoms with E-state index in [-0.39, 0.29) is 56.9 Å². The molecule has 0 radical (unpaired) electrons. The van der Waals surface area contributed by atoms with E-state index in [1.54, 1.807) is 18.2 Å². The molecule has 2 amide bonds. The number of allylic oxidation sites excluding steroid dienone is 6. The van der Waals surface area contributed by atoms with Gasteiger partial charge in [0.1, 0.15) is 11.5 Å². The molecule has 0 bridgehead atoms. The second-order valence-corrected chi connectivity index (χ2v) is 12.4. The number of carbonyl (C=O) groups excluding carboxylic acids is 4. The summed E-state index contributed by atoms with van der Waals surface area (Å²) in [4.78, 5) is 79.4. The van der Waals surface area contributed by atoms with E-state index in [1.807, 2.05) is 0 Å². The van der Waals surface area contributed by atoms with Crippen LogP contribution in [0.5, 0.6) is 11.5 Å². The molecule has 1 heterocycles. The molecule has 14 nitrogen and oxygen atoms in total. The van der Waals surface area contributed by atoms with Gasteiger partial charge < -0.3 is 14.7 Å². The summed E-state index contributed by atoms with van der Waals surface area (Å²) in [7, 11) is 4.19. The van der Waals surface area contributed by atoms with Crippen LogP contribution in [0.25, 0.3) is 0 Å². The first-order valence-corrected chi connectivity index (χ1v) is 14.8. The smallest absolute Gasteiger partial charge is 0.301 e. The third-order valence-electron chi connectivity index (χ3n) is 9.04. The molecule has 3 aliphatic carbocycles. The maximum atomic E-state index is 14.3. The number of phenolic OH excluding ortho intramolecular Hbond substituents is 1. The largest absolute Gasteiger partial charge is 0.507 e. The summed E-state index contributed by atoms with van der Waals surface area (Å²) < 4.78 is 5.56. The number of aromatic hydroxyl groups is 1. The molecule has 1 aliphatic heterocycles. The number of imide groups is 1. The third-order valence-corrected chi connectivity index (χ3v) is 9.63. The van der Waals surface area contributed by atoms with E-state index in [4.69, 9.17) is 4.74 Å². The van der Waals surface area contributed by atoms with Gasteiger partial charge in [0.2, 0.25) is 11.8 Å². The predicted octanol–water partition coefficient (Wildman–Crippen LogP) is 4.25. The van der Waals surface area contributed by atoms with Gasteiger partial charge in [-0.2, -0.15) is 0 Å². The van der Waals surface area contributed by atoms with Gasteiger partial charge in [-0.3, -0.25) is 39.4 Å². The lowest BCUT2D eigenvalue weighted by Gasteiger charge is -2.42. The number of fused-ring (bicyclic) bond motifs is 3. The van der Waals surface area contributed by atoms with E-state index >= 15 is 0 Å². The van der Waals surface area contributed by atoms with Crippen LogP contribution in [0.1, 0.15) is 24.3 Å². The van der Waals surface area contributed by atoms with E-state index in [0.717, 1.165) is 23.1 Å². The van der Waals surface area contributed by atoms with Crippen LogP contribution in [0, 0.1) is 38.0 Å². The molecule has 0 aromatic heterocycles. The number of Topliss-reactive ketones (excluding diaryl/α,β-unsaturated/α-hetero) is 1. The van der Waals surface area contributed by atoms with Gasteiger partial charge in [0.25, 0.3) is 0 Å². The van der Waals surface area contributed by atoms with Crippen LogP contribution in [0.15, 0.2) is 63.7 Å². The minimum absolute atomic E-state index is 0.0232. The Kier molecular flexibility index (Phi) is 7.38. The fourth-order valence-electron chi connectivity index (χ4n) is 7.25. The maximum Gasteiger partial charge on any atom is 0.301 e. The fraction of sp³-hybridized carbons (Fsp3) is 0.290. The topological polar surface area (TPSA) is 190 Å². The van der Waals surface area contributed by atoms with E-state index in [1.165, 1.54) is 32.2 Å². The Bertz CT molecular complexity index is 1880. The van der Waals surface area contributed by atoms with E-state index in [9.17, 15) is 44.5 Å². The van der Waals surface area contributed by atoms with Crippen molar-refractivity contribution in [3.8, 4) is 11.5 Å². The van der Waals surface area contributed by atoms with Crippen LogP contribution >= 0.6 is 15.9 Å². The maximum absolute atomic E-state index is 14.3. The van der Waals surface area contributed by atoms with Gasteiger partial charge in [0.05, 0.1) is 39.0 Å². The number of ketones is 2. The van der Waals surface area contributed by atoms with Gasteiger partial charge in [0, 0.05) is 54.9 Å². The van der Waals surface area contributed by atoms with Crippen molar-refractivity contribution in [3.05, 3.63) is 89.5 Å².